The SMILES string of the molecule is CN(C)[C@@H]1C(=O)C(C(N)=O)=C(O)[C@@]2(O)C(=O)C3=C(O)c4c(O)cccc4[C@@](C)(O)[C@H]3[C@H](O)[C@@H]12.CN(C)c1ccc(O)c2c1C[C@H]1C[C@H]3[C@H](N(C)C)C(=O)C(C(N)=O)=C(O)[C@@]3(O)C(=O)C1=C2O. The molecule has 2 aromatic rings. The number of likely N-dealkylation sites (N-methyl/N-ethyl adjacent to an activating group) is 2. The zero-order chi connectivity index (χ0) is 49.3. The molecule has 352 valence electrons. The van der Waals surface area contributed by atoms with Gasteiger partial charge < -0.3 is 67.4 Å². The molecule has 2 aromatic carbocycles. The summed E-state index contributed by atoms with van der Waals surface area (Å²) in [6.07, 6.45) is -1.55. The van der Waals surface area contributed by atoms with Crippen LogP contribution in [-0.4, -0.2) is 167 Å². The summed E-state index contributed by atoms with van der Waals surface area (Å²) in [5, 5.41) is 110. The van der Waals surface area contributed by atoms with E-state index in [9.17, 15) is 79.8 Å². The molecule has 0 aliphatic heterocycles. The van der Waals surface area contributed by atoms with E-state index in [2.05, 4.69) is 0 Å². The van der Waals surface area contributed by atoms with Crippen LogP contribution in [0.1, 0.15) is 35.6 Å². The smallest absolute Gasteiger partial charge is 0.255 e. The number of nitrogens with two attached hydrogens (primary N) is 2. The lowest BCUT2D eigenvalue weighted by Gasteiger charge is -2.55. The van der Waals surface area contributed by atoms with E-state index in [1.54, 1.807) is 20.2 Å². The highest BCUT2D eigenvalue weighted by Gasteiger charge is 2.70. The second-order valence-corrected chi connectivity index (χ2v) is 18.4. The first kappa shape index (κ1) is 47.3. The first-order chi connectivity index (χ1) is 30.5. The minimum Gasteiger partial charge on any atom is -0.508 e. The Morgan fingerprint density at radius 1 is 0.682 bits per heavy atom. The first-order valence-corrected chi connectivity index (χ1v) is 20.6. The van der Waals surface area contributed by atoms with Gasteiger partial charge in [-0.3, -0.25) is 38.6 Å². The third-order valence-corrected chi connectivity index (χ3v) is 14.1. The Kier molecular flexibility index (Phi) is 11.1. The second kappa shape index (κ2) is 15.5. The average Bonchev–Trinajstić information content (AvgIpc) is 3.20. The van der Waals surface area contributed by atoms with E-state index < -0.39 is 139 Å². The molecule has 0 saturated heterocycles. The number of phenolic OH excluding ortho intramolecular Hbond substituents is 2. The number of aliphatic hydroxyl groups is 8. The van der Waals surface area contributed by atoms with Gasteiger partial charge in [-0.1, -0.05) is 12.1 Å². The number of Topliss-reactive ketones (excluding diaryl/α,β-unsaturated/α-hetero) is 4. The molecule has 14 N–H and O–H groups in total. The predicted octanol–water partition coefficient (Wildman–Crippen LogP) is -1.37. The Hall–Kier alpha value is -6.62. The number of hydrogen-bond donors (Lipinski definition) is 12. The number of anilines is 1. The number of nitrogens with zero attached hydrogens (tertiary/aromatic N) is 3. The summed E-state index contributed by atoms with van der Waals surface area (Å²) in [6.45, 7) is 1.25. The number of amides is 2. The lowest BCUT2D eigenvalue weighted by atomic mass is 9.53. The van der Waals surface area contributed by atoms with E-state index in [-0.39, 0.29) is 40.9 Å². The van der Waals surface area contributed by atoms with Crippen LogP contribution in [-0.2, 0) is 40.8 Å². The zero-order valence-corrected chi connectivity index (χ0v) is 36.8. The number of benzene rings is 2. The molecule has 0 bridgehead atoms. The lowest BCUT2D eigenvalue weighted by Crippen LogP contribution is -2.71. The molecule has 21 heteroatoms. The summed E-state index contributed by atoms with van der Waals surface area (Å²) in [4.78, 5) is 81.9. The topological polar surface area (TPSA) is 366 Å². The molecule has 0 unspecified atom stereocenters. The third-order valence-electron chi connectivity index (χ3n) is 14.1. The van der Waals surface area contributed by atoms with E-state index in [0.717, 1.165) is 5.69 Å². The van der Waals surface area contributed by atoms with Gasteiger partial charge in [-0.25, -0.2) is 0 Å². The number of aromatic hydroxyl groups is 2. The Labute approximate surface area is 376 Å². The van der Waals surface area contributed by atoms with Gasteiger partial charge in [0.1, 0.15) is 45.7 Å². The quantitative estimate of drug-likeness (QED) is 0.154. The van der Waals surface area contributed by atoms with Crippen molar-refractivity contribution in [3.8, 4) is 11.5 Å². The summed E-state index contributed by atoms with van der Waals surface area (Å²) in [5.74, 6) is -16.2. The maximum atomic E-state index is 13.7. The van der Waals surface area contributed by atoms with Crippen LogP contribution in [0.3, 0.4) is 0 Å². The van der Waals surface area contributed by atoms with Gasteiger partial charge in [0.2, 0.25) is 11.6 Å². The number of primary amides is 2. The van der Waals surface area contributed by atoms with Gasteiger partial charge in [0.05, 0.1) is 52.3 Å². The largest absolute Gasteiger partial charge is 0.508 e. The summed E-state index contributed by atoms with van der Waals surface area (Å²) in [7, 11) is 9.55. The van der Waals surface area contributed by atoms with Crippen LogP contribution in [0.2, 0.25) is 0 Å². The van der Waals surface area contributed by atoms with Crippen LogP contribution < -0.4 is 16.4 Å². The van der Waals surface area contributed by atoms with Crippen LogP contribution in [0.4, 0.5) is 5.69 Å². The molecule has 0 spiro atoms. The van der Waals surface area contributed by atoms with Crippen molar-refractivity contribution in [1.82, 2.24) is 9.80 Å². The van der Waals surface area contributed by atoms with Crippen molar-refractivity contribution in [1.29, 1.82) is 0 Å². The van der Waals surface area contributed by atoms with Gasteiger partial charge in [0.15, 0.2) is 22.8 Å². The normalized spacial score (nSPS) is 32.5. The molecule has 0 aromatic heterocycles. The van der Waals surface area contributed by atoms with Crippen molar-refractivity contribution in [2.24, 2.45) is 35.1 Å². The number of phenols is 2. The van der Waals surface area contributed by atoms with E-state index in [4.69, 9.17) is 11.5 Å². The molecular weight excluding hydrogens is 867 g/mol. The number of aliphatic hydroxyl groups excluding tert-OH is 5. The van der Waals surface area contributed by atoms with Crippen LogP contribution in [0.15, 0.2) is 64.1 Å². The molecule has 66 heavy (non-hydrogen) atoms. The molecule has 6 aliphatic rings. The number of hydrogen-bond acceptors (Lipinski definition) is 19. The van der Waals surface area contributed by atoms with Gasteiger partial charge in [0.25, 0.3) is 11.8 Å². The minimum absolute atomic E-state index is 0.00664. The van der Waals surface area contributed by atoms with Crippen molar-refractivity contribution >= 4 is 52.2 Å². The maximum Gasteiger partial charge on any atom is 0.255 e. The molecule has 21 nitrogen and oxygen atoms in total. The van der Waals surface area contributed by atoms with E-state index in [1.807, 2.05) is 19.0 Å². The van der Waals surface area contributed by atoms with Gasteiger partial charge >= 0.3 is 0 Å². The standard InChI is InChI=1S/C23H27N3O7.C22H24N2O9/c1-25(2)12-5-6-13(27)15-10(12)7-9-8-11-17(26(3)4)19(29)16(22(24)32)21(31)23(11,33)20(30)14(9)18(15)28;1-21(32)7-5-4-6-8(25)9(7)15(26)10-12(21)17(28)13-14(24(2)3)16(27)11(20(23)31)19(30)22(13,33)18(10)29/h5-6,9,11,17,27-28,31,33H,7-8H2,1-4H3,(H2,24,32);4-6,12-14,17,25-26,28,30,32-33H,1-3H3,(H2,23,31)/t9-,11-,17-,23-;12-,13-,14+,17+,21-,22+/m01/s1. The maximum absolute atomic E-state index is 13.7. The monoisotopic (exact) mass is 917 g/mol. The fourth-order valence-corrected chi connectivity index (χ4v) is 11.2. The fraction of sp³-hybridized carbons (Fsp3) is 0.422. The minimum atomic E-state index is -3.02. The Balaban J connectivity index is 0.000000196. The van der Waals surface area contributed by atoms with Crippen molar-refractivity contribution in [3.05, 3.63) is 86.4 Å². The van der Waals surface area contributed by atoms with Crippen LogP contribution >= 0.6 is 0 Å². The van der Waals surface area contributed by atoms with Gasteiger partial charge in [-0.05, 0) is 83.2 Å². The first-order valence-electron chi connectivity index (χ1n) is 20.6. The van der Waals surface area contributed by atoms with Crippen LogP contribution in [0, 0.1) is 23.7 Å². The van der Waals surface area contributed by atoms with Gasteiger partial charge in [-0.15, -0.1) is 0 Å². The molecule has 2 saturated carbocycles. The predicted molar refractivity (Wildman–Crippen MR) is 230 cm³/mol. The fourth-order valence-electron chi connectivity index (χ4n) is 11.2. The molecule has 10 atom stereocenters. The van der Waals surface area contributed by atoms with Gasteiger partial charge in [0, 0.05) is 31.3 Å². The van der Waals surface area contributed by atoms with Crippen LogP contribution in [0.5, 0.6) is 11.5 Å². The van der Waals surface area contributed by atoms with E-state index in [1.165, 1.54) is 55.1 Å². The average molecular weight is 918 g/mol. The Bertz CT molecular complexity index is 2710. The van der Waals surface area contributed by atoms with Gasteiger partial charge in [-0.2, -0.15) is 0 Å². The summed E-state index contributed by atoms with van der Waals surface area (Å²) in [5.41, 5.74) is 1.37. The van der Waals surface area contributed by atoms with E-state index >= 15 is 0 Å². The van der Waals surface area contributed by atoms with Crippen LogP contribution in [0.25, 0.3) is 11.5 Å². The third kappa shape index (κ3) is 6.14. The highest BCUT2D eigenvalue weighted by atomic mass is 16.4. The van der Waals surface area contributed by atoms with Crippen molar-refractivity contribution in [2.45, 2.75) is 54.8 Å². The molecule has 8 rings (SSSR count). The molecule has 0 radical (unpaired) electrons. The van der Waals surface area contributed by atoms with Crippen molar-refractivity contribution in [3.63, 3.8) is 0 Å². The molecule has 2 amide bonds. The zero-order valence-electron chi connectivity index (χ0n) is 36.8. The molecule has 6 aliphatic carbocycles. The molecule has 2 fully saturated rings. The summed E-state index contributed by atoms with van der Waals surface area (Å²) < 4.78 is 0. The van der Waals surface area contributed by atoms with E-state index in [0.29, 0.717) is 5.56 Å². The number of ketones is 4. The number of carbonyl (C=O) groups excluding carboxylic acids is 6. The summed E-state index contributed by atoms with van der Waals surface area (Å²) >= 11 is 0. The van der Waals surface area contributed by atoms with Crippen molar-refractivity contribution in [2.75, 3.05) is 47.2 Å². The number of fused-ring (bicyclic) bond motifs is 6. The highest BCUT2D eigenvalue weighted by Crippen LogP contribution is 2.58. The molecular formula is C45H51N5O16. The Morgan fingerprint density at radius 2 is 1.18 bits per heavy atom. The van der Waals surface area contributed by atoms with Crippen molar-refractivity contribution < 1.29 is 79.8 Å². The second-order valence-electron chi connectivity index (χ2n) is 18.4. The molecule has 0 heterocycles. The highest BCUT2D eigenvalue weighted by molar-refractivity contribution is 6.25. The Morgan fingerprint density at radius 3 is 1.71 bits per heavy atom. The lowest BCUT2D eigenvalue weighted by molar-refractivity contribution is -0.181. The summed E-state index contributed by atoms with van der Waals surface area (Å²) in [6, 6.07) is 4.51. The number of rotatable bonds is 5. The number of carbonyl (C=O) groups is 6.